The van der Waals surface area contributed by atoms with Crippen molar-refractivity contribution in [2.45, 2.75) is 40.5 Å². The Kier molecular flexibility index (Phi) is 2.22. The number of hydrogen-bond donors (Lipinski definition) is 0. The molecule has 0 unspecified atom stereocenters. The van der Waals surface area contributed by atoms with Gasteiger partial charge in [-0.15, -0.1) is 0 Å². The Hall–Kier alpha value is -0.860. The fraction of sp³-hybridized carbons (Fsp3) is 0.778. The van der Waals surface area contributed by atoms with E-state index in [1.54, 1.807) is 0 Å². The van der Waals surface area contributed by atoms with Crippen molar-refractivity contribution in [2.75, 3.05) is 0 Å². The zero-order chi connectivity index (χ0) is 9.35. The fourth-order valence-corrected chi connectivity index (χ4v) is 0.859. The van der Waals surface area contributed by atoms with Crippen LogP contribution in [0.25, 0.3) is 0 Å². The van der Waals surface area contributed by atoms with Gasteiger partial charge < -0.3 is 4.52 Å². The van der Waals surface area contributed by atoms with E-state index in [1.807, 2.05) is 6.92 Å². The molecule has 0 aliphatic heterocycles. The van der Waals surface area contributed by atoms with E-state index in [2.05, 4.69) is 37.8 Å². The molecule has 12 heavy (non-hydrogen) atoms. The van der Waals surface area contributed by atoms with Crippen LogP contribution in [0, 0.1) is 12.3 Å². The number of nitrogens with zero attached hydrogens (tertiary/aromatic N) is 2. The average molecular weight is 168 g/mol. The minimum Gasteiger partial charge on any atom is -0.339 e. The van der Waals surface area contributed by atoms with Crippen LogP contribution in [-0.4, -0.2) is 10.1 Å². The average Bonchev–Trinajstić information content (AvgIpc) is 2.32. The lowest BCUT2D eigenvalue weighted by molar-refractivity contribution is 0.262. The van der Waals surface area contributed by atoms with Crippen LogP contribution in [-0.2, 0) is 0 Å². The molecule has 0 aliphatic carbocycles. The minimum atomic E-state index is 0.180. The van der Waals surface area contributed by atoms with Crippen LogP contribution in [0.5, 0.6) is 0 Å². The van der Waals surface area contributed by atoms with Crippen molar-refractivity contribution in [1.82, 2.24) is 10.1 Å². The Morgan fingerprint density at radius 2 is 1.92 bits per heavy atom. The Morgan fingerprint density at radius 1 is 1.33 bits per heavy atom. The van der Waals surface area contributed by atoms with Gasteiger partial charge in [-0.2, -0.15) is 4.98 Å². The highest BCUT2D eigenvalue weighted by atomic mass is 16.5. The highest BCUT2D eigenvalue weighted by Crippen LogP contribution is 2.33. The van der Waals surface area contributed by atoms with E-state index in [0.29, 0.717) is 11.7 Å². The number of aromatic nitrogens is 2. The first-order chi connectivity index (χ1) is 5.41. The second-order valence-electron chi connectivity index (χ2n) is 4.27. The molecule has 0 aromatic carbocycles. The van der Waals surface area contributed by atoms with Crippen LogP contribution < -0.4 is 0 Å². The standard InChI is InChI=1S/C9H16N2O/c1-6(9(3,4)5)8-10-7(2)11-12-8/h6H,1-5H3/t6-/m1/s1. The molecule has 0 N–H and O–H groups in total. The van der Waals surface area contributed by atoms with Crippen molar-refractivity contribution in [1.29, 1.82) is 0 Å². The fourth-order valence-electron chi connectivity index (χ4n) is 0.859. The maximum Gasteiger partial charge on any atom is 0.229 e. The lowest BCUT2D eigenvalue weighted by atomic mass is 9.82. The molecule has 0 fully saturated rings. The predicted octanol–water partition coefficient (Wildman–Crippen LogP) is 2.53. The summed E-state index contributed by atoms with van der Waals surface area (Å²) in [5.41, 5.74) is 0.180. The summed E-state index contributed by atoms with van der Waals surface area (Å²) >= 11 is 0. The summed E-state index contributed by atoms with van der Waals surface area (Å²) in [6.07, 6.45) is 0. The minimum absolute atomic E-state index is 0.180. The first-order valence-electron chi connectivity index (χ1n) is 4.21. The smallest absolute Gasteiger partial charge is 0.229 e. The van der Waals surface area contributed by atoms with Crippen LogP contribution in [0.1, 0.15) is 45.3 Å². The van der Waals surface area contributed by atoms with Gasteiger partial charge in [0, 0.05) is 5.92 Å². The molecule has 68 valence electrons. The van der Waals surface area contributed by atoms with Crippen LogP contribution in [0.4, 0.5) is 0 Å². The third-order valence-corrected chi connectivity index (χ3v) is 2.21. The van der Waals surface area contributed by atoms with Crippen LogP contribution in [0.2, 0.25) is 0 Å². The quantitative estimate of drug-likeness (QED) is 0.646. The van der Waals surface area contributed by atoms with E-state index in [1.165, 1.54) is 0 Å². The second kappa shape index (κ2) is 2.88. The van der Waals surface area contributed by atoms with Crippen LogP contribution in [0.15, 0.2) is 4.52 Å². The maximum absolute atomic E-state index is 5.09. The summed E-state index contributed by atoms with van der Waals surface area (Å²) in [6, 6.07) is 0. The van der Waals surface area contributed by atoms with Crippen molar-refractivity contribution >= 4 is 0 Å². The van der Waals surface area contributed by atoms with Gasteiger partial charge in [-0.3, -0.25) is 0 Å². The summed E-state index contributed by atoms with van der Waals surface area (Å²) < 4.78 is 5.09. The number of aryl methyl sites for hydroxylation is 1. The topological polar surface area (TPSA) is 38.9 Å². The van der Waals surface area contributed by atoms with Gasteiger partial charge in [-0.25, -0.2) is 0 Å². The highest BCUT2D eigenvalue weighted by molar-refractivity contribution is 4.95. The van der Waals surface area contributed by atoms with Crippen LogP contribution >= 0.6 is 0 Å². The van der Waals surface area contributed by atoms with Crippen molar-refractivity contribution in [3.8, 4) is 0 Å². The summed E-state index contributed by atoms with van der Waals surface area (Å²) in [5.74, 6) is 1.75. The van der Waals surface area contributed by atoms with Gasteiger partial charge >= 0.3 is 0 Å². The number of rotatable bonds is 1. The second-order valence-corrected chi connectivity index (χ2v) is 4.27. The molecule has 0 saturated heterocycles. The Morgan fingerprint density at radius 3 is 2.25 bits per heavy atom. The summed E-state index contributed by atoms with van der Waals surface area (Å²) in [4.78, 5) is 4.20. The van der Waals surface area contributed by atoms with E-state index >= 15 is 0 Å². The molecule has 0 aliphatic rings. The van der Waals surface area contributed by atoms with Gasteiger partial charge in [0.2, 0.25) is 5.89 Å². The molecule has 0 radical (unpaired) electrons. The predicted molar refractivity (Wildman–Crippen MR) is 46.9 cm³/mol. The molecule has 1 aromatic rings. The summed E-state index contributed by atoms with van der Waals surface area (Å²) in [6.45, 7) is 10.4. The normalized spacial score (nSPS) is 14.8. The third kappa shape index (κ3) is 1.84. The van der Waals surface area contributed by atoms with E-state index in [-0.39, 0.29) is 5.41 Å². The molecule has 1 atom stereocenters. The molecule has 1 rings (SSSR count). The molecule has 0 spiro atoms. The monoisotopic (exact) mass is 168 g/mol. The van der Waals surface area contributed by atoms with Gasteiger partial charge in [-0.05, 0) is 12.3 Å². The van der Waals surface area contributed by atoms with Gasteiger partial charge in [0.05, 0.1) is 0 Å². The first-order valence-corrected chi connectivity index (χ1v) is 4.21. The summed E-state index contributed by atoms with van der Waals surface area (Å²) in [5, 5.41) is 3.77. The molecule has 0 amide bonds. The van der Waals surface area contributed by atoms with Crippen molar-refractivity contribution in [2.24, 2.45) is 5.41 Å². The van der Waals surface area contributed by atoms with Gasteiger partial charge in [0.1, 0.15) is 0 Å². The van der Waals surface area contributed by atoms with Crippen molar-refractivity contribution in [3.05, 3.63) is 11.7 Å². The Balaban J connectivity index is 2.85. The molecule has 0 saturated carbocycles. The lowest BCUT2D eigenvalue weighted by Gasteiger charge is -2.23. The Bertz CT molecular complexity index is 260. The molecule has 1 heterocycles. The lowest BCUT2D eigenvalue weighted by Crippen LogP contribution is -2.15. The van der Waals surface area contributed by atoms with Crippen molar-refractivity contribution in [3.63, 3.8) is 0 Å². The van der Waals surface area contributed by atoms with E-state index in [0.717, 1.165) is 5.89 Å². The molecular formula is C9H16N2O. The SMILES string of the molecule is Cc1noc([C@@H](C)C(C)(C)C)n1. The number of hydrogen-bond acceptors (Lipinski definition) is 3. The van der Waals surface area contributed by atoms with E-state index in [4.69, 9.17) is 4.52 Å². The molecule has 0 bridgehead atoms. The van der Waals surface area contributed by atoms with E-state index < -0.39 is 0 Å². The van der Waals surface area contributed by atoms with Gasteiger partial charge in [0.25, 0.3) is 0 Å². The molecule has 3 heteroatoms. The molecule has 1 aromatic heterocycles. The van der Waals surface area contributed by atoms with Crippen LogP contribution in [0.3, 0.4) is 0 Å². The first kappa shape index (κ1) is 9.23. The van der Waals surface area contributed by atoms with Gasteiger partial charge in [0.15, 0.2) is 5.82 Å². The molecule has 3 nitrogen and oxygen atoms in total. The highest BCUT2D eigenvalue weighted by Gasteiger charge is 2.26. The maximum atomic E-state index is 5.09. The van der Waals surface area contributed by atoms with E-state index in [9.17, 15) is 0 Å². The summed E-state index contributed by atoms with van der Waals surface area (Å²) in [7, 11) is 0. The zero-order valence-corrected chi connectivity index (χ0v) is 8.38. The largest absolute Gasteiger partial charge is 0.339 e. The third-order valence-electron chi connectivity index (χ3n) is 2.21. The Labute approximate surface area is 73.2 Å². The van der Waals surface area contributed by atoms with Crippen molar-refractivity contribution < 1.29 is 4.52 Å². The molecular weight excluding hydrogens is 152 g/mol. The zero-order valence-electron chi connectivity index (χ0n) is 8.38. The van der Waals surface area contributed by atoms with Gasteiger partial charge in [-0.1, -0.05) is 32.9 Å².